The molecule has 2 heteroatoms. The molecule has 1 aromatic carbocycles. The van der Waals surface area contributed by atoms with Crippen molar-refractivity contribution in [3.63, 3.8) is 0 Å². The van der Waals surface area contributed by atoms with Crippen LogP contribution in [-0.4, -0.2) is 29.6 Å². The number of aryl methyl sites for hydroxylation is 2. The van der Waals surface area contributed by atoms with Gasteiger partial charge in [-0.25, -0.2) is 0 Å². The van der Waals surface area contributed by atoms with E-state index in [2.05, 4.69) is 70.0 Å². The molecule has 20 heavy (non-hydrogen) atoms. The number of piperazine rings is 1. The summed E-state index contributed by atoms with van der Waals surface area (Å²) in [6.07, 6.45) is 0. The van der Waals surface area contributed by atoms with Gasteiger partial charge in [0.25, 0.3) is 0 Å². The zero-order chi connectivity index (χ0) is 14.9. The van der Waals surface area contributed by atoms with Gasteiger partial charge in [-0.3, -0.25) is 4.90 Å². The molecular weight excluding hydrogens is 244 g/mol. The van der Waals surface area contributed by atoms with Crippen molar-refractivity contribution in [2.24, 2.45) is 5.92 Å². The van der Waals surface area contributed by atoms with E-state index in [1.807, 2.05) is 0 Å². The number of rotatable bonds is 3. The molecule has 1 fully saturated rings. The van der Waals surface area contributed by atoms with E-state index >= 15 is 0 Å². The topological polar surface area (TPSA) is 15.3 Å². The third-order valence-corrected chi connectivity index (χ3v) is 4.29. The van der Waals surface area contributed by atoms with Crippen molar-refractivity contribution in [1.82, 2.24) is 10.2 Å². The molecule has 1 aromatic rings. The van der Waals surface area contributed by atoms with E-state index in [1.54, 1.807) is 0 Å². The molecule has 0 bridgehead atoms. The van der Waals surface area contributed by atoms with Gasteiger partial charge in [0.2, 0.25) is 0 Å². The first-order chi connectivity index (χ1) is 9.27. The predicted octanol–water partition coefficient (Wildman–Crippen LogP) is 3.51. The summed E-state index contributed by atoms with van der Waals surface area (Å²) in [4.78, 5) is 2.66. The van der Waals surface area contributed by atoms with Crippen LogP contribution in [0.1, 0.15) is 44.4 Å². The van der Waals surface area contributed by atoms with E-state index in [1.165, 1.54) is 16.7 Å². The van der Waals surface area contributed by atoms with E-state index in [0.29, 0.717) is 12.0 Å². The second-order valence-corrected chi connectivity index (χ2v) is 7.48. The van der Waals surface area contributed by atoms with Crippen molar-refractivity contribution in [2.75, 3.05) is 13.1 Å². The van der Waals surface area contributed by atoms with Gasteiger partial charge in [0, 0.05) is 31.2 Å². The molecule has 112 valence electrons. The van der Waals surface area contributed by atoms with E-state index in [9.17, 15) is 0 Å². The summed E-state index contributed by atoms with van der Waals surface area (Å²) in [7, 11) is 0. The summed E-state index contributed by atoms with van der Waals surface area (Å²) in [5, 5.41) is 3.69. The Morgan fingerprint density at radius 3 is 2.35 bits per heavy atom. The van der Waals surface area contributed by atoms with Crippen molar-refractivity contribution in [2.45, 2.75) is 59.7 Å². The Bertz CT molecular complexity index is 442. The number of nitrogens with one attached hydrogen (secondary N) is 1. The van der Waals surface area contributed by atoms with Crippen LogP contribution in [0.5, 0.6) is 0 Å². The maximum Gasteiger partial charge on any atom is 0.0253 e. The van der Waals surface area contributed by atoms with Gasteiger partial charge < -0.3 is 5.32 Å². The summed E-state index contributed by atoms with van der Waals surface area (Å²) in [5.41, 5.74) is 4.40. The first-order valence-electron chi connectivity index (χ1n) is 7.83. The Labute approximate surface area is 124 Å². The largest absolute Gasteiger partial charge is 0.309 e. The third-order valence-electron chi connectivity index (χ3n) is 4.29. The van der Waals surface area contributed by atoms with Crippen LogP contribution < -0.4 is 5.32 Å². The molecule has 2 rings (SSSR count). The van der Waals surface area contributed by atoms with Crippen LogP contribution in [0.15, 0.2) is 18.2 Å². The lowest BCUT2D eigenvalue weighted by atomic mass is 9.92. The zero-order valence-corrected chi connectivity index (χ0v) is 14.0. The minimum atomic E-state index is 0.213. The van der Waals surface area contributed by atoms with E-state index < -0.39 is 0 Å². The van der Waals surface area contributed by atoms with Crippen molar-refractivity contribution in [3.05, 3.63) is 34.9 Å². The minimum Gasteiger partial charge on any atom is -0.309 e. The first kappa shape index (κ1) is 15.5. The van der Waals surface area contributed by atoms with Gasteiger partial charge in [-0.1, -0.05) is 43.2 Å². The van der Waals surface area contributed by atoms with Gasteiger partial charge in [-0.05, 0) is 39.2 Å². The number of nitrogens with zero attached hydrogens (tertiary/aromatic N) is 1. The second kappa shape index (κ2) is 5.87. The normalized spacial score (nSPS) is 23.2. The summed E-state index contributed by atoms with van der Waals surface area (Å²) in [6.45, 7) is 16.9. The molecule has 2 nitrogen and oxygen atoms in total. The minimum absolute atomic E-state index is 0.213. The number of hydrogen-bond donors (Lipinski definition) is 1. The molecular formula is C18H30N2. The van der Waals surface area contributed by atoms with Crippen LogP contribution in [0.2, 0.25) is 0 Å². The third kappa shape index (κ3) is 3.83. The molecule has 0 radical (unpaired) electrons. The Hall–Kier alpha value is -0.860. The monoisotopic (exact) mass is 274 g/mol. The smallest absolute Gasteiger partial charge is 0.0253 e. The number of hydrogen-bond acceptors (Lipinski definition) is 2. The summed E-state index contributed by atoms with van der Waals surface area (Å²) < 4.78 is 0. The highest BCUT2D eigenvalue weighted by Gasteiger charge is 2.33. The molecule has 1 aliphatic rings. The van der Waals surface area contributed by atoms with Crippen LogP contribution >= 0.6 is 0 Å². The molecule has 0 aliphatic carbocycles. The lowest BCUT2D eigenvalue weighted by molar-refractivity contribution is 0.0627. The maximum absolute atomic E-state index is 3.69. The van der Waals surface area contributed by atoms with E-state index in [4.69, 9.17) is 0 Å². The fourth-order valence-electron chi connectivity index (χ4n) is 3.42. The van der Waals surface area contributed by atoms with Gasteiger partial charge in [0.05, 0.1) is 0 Å². The Balaban J connectivity index is 2.18. The summed E-state index contributed by atoms with van der Waals surface area (Å²) in [6, 6.07) is 7.55. The van der Waals surface area contributed by atoms with Crippen LogP contribution in [0.25, 0.3) is 0 Å². The molecule has 0 aromatic heterocycles. The quantitative estimate of drug-likeness (QED) is 0.907. The average molecular weight is 274 g/mol. The van der Waals surface area contributed by atoms with Crippen LogP contribution in [0.4, 0.5) is 0 Å². The maximum atomic E-state index is 3.69. The average Bonchev–Trinajstić information content (AvgIpc) is 2.25. The molecule has 1 atom stereocenters. The molecule has 0 spiro atoms. The first-order valence-corrected chi connectivity index (χ1v) is 7.83. The van der Waals surface area contributed by atoms with Gasteiger partial charge in [-0.15, -0.1) is 0 Å². The highest BCUT2D eigenvalue weighted by Crippen LogP contribution is 2.23. The zero-order valence-electron chi connectivity index (χ0n) is 14.0. The van der Waals surface area contributed by atoms with Crippen molar-refractivity contribution in [3.8, 4) is 0 Å². The predicted molar refractivity (Wildman–Crippen MR) is 87.0 cm³/mol. The van der Waals surface area contributed by atoms with Crippen LogP contribution in [0.3, 0.4) is 0 Å². The Kier molecular flexibility index (Phi) is 4.55. The highest BCUT2D eigenvalue weighted by molar-refractivity contribution is 5.28. The fraction of sp³-hybridized carbons (Fsp3) is 0.667. The molecule has 1 heterocycles. The standard InChI is InChI=1S/C18H30N2/c1-13(2)17-10-19-18(5,6)12-20(17)11-16-8-14(3)7-15(4)9-16/h7-9,13,17,19H,10-12H2,1-6H3. The van der Waals surface area contributed by atoms with Gasteiger partial charge in [-0.2, -0.15) is 0 Å². The highest BCUT2D eigenvalue weighted by atomic mass is 15.2. The lowest BCUT2D eigenvalue weighted by Crippen LogP contribution is -2.62. The van der Waals surface area contributed by atoms with E-state index in [0.717, 1.165) is 19.6 Å². The Morgan fingerprint density at radius 2 is 1.80 bits per heavy atom. The van der Waals surface area contributed by atoms with Crippen molar-refractivity contribution >= 4 is 0 Å². The molecule has 0 amide bonds. The van der Waals surface area contributed by atoms with Gasteiger partial charge in [0.1, 0.15) is 0 Å². The van der Waals surface area contributed by atoms with Crippen molar-refractivity contribution in [1.29, 1.82) is 0 Å². The lowest BCUT2D eigenvalue weighted by Gasteiger charge is -2.46. The fourth-order valence-corrected chi connectivity index (χ4v) is 3.42. The SMILES string of the molecule is Cc1cc(C)cc(CN2CC(C)(C)NCC2C(C)C)c1. The van der Waals surface area contributed by atoms with Gasteiger partial charge in [0.15, 0.2) is 0 Å². The van der Waals surface area contributed by atoms with Crippen molar-refractivity contribution < 1.29 is 0 Å². The van der Waals surface area contributed by atoms with Gasteiger partial charge >= 0.3 is 0 Å². The summed E-state index contributed by atoms with van der Waals surface area (Å²) in [5.74, 6) is 0.685. The molecule has 0 saturated carbocycles. The molecule has 1 saturated heterocycles. The molecule has 1 N–H and O–H groups in total. The van der Waals surface area contributed by atoms with Crippen LogP contribution in [0, 0.1) is 19.8 Å². The summed E-state index contributed by atoms with van der Waals surface area (Å²) >= 11 is 0. The number of benzene rings is 1. The van der Waals surface area contributed by atoms with E-state index in [-0.39, 0.29) is 5.54 Å². The molecule has 1 aliphatic heterocycles. The second-order valence-electron chi connectivity index (χ2n) is 7.48. The van der Waals surface area contributed by atoms with Crippen LogP contribution in [-0.2, 0) is 6.54 Å². The Morgan fingerprint density at radius 1 is 1.20 bits per heavy atom. The molecule has 1 unspecified atom stereocenters.